The maximum atomic E-state index is 10.5. The van der Waals surface area contributed by atoms with E-state index in [4.69, 9.17) is 5.11 Å². The van der Waals surface area contributed by atoms with E-state index < -0.39 is 5.97 Å². The summed E-state index contributed by atoms with van der Waals surface area (Å²) < 4.78 is 0. The number of carboxylic acids is 1. The average Bonchev–Trinajstić information content (AvgIpc) is 2.18. The van der Waals surface area contributed by atoms with Crippen LogP contribution in [0.1, 0.15) is 5.69 Å². The molecule has 70 valence electrons. The molecule has 0 atom stereocenters. The Labute approximate surface area is 80.2 Å². The van der Waals surface area contributed by atoms with Gasteiger partial charge in [0.15, 0.2) is 0 Å². The molecule has 0 saturated carbocycles. The second kappa shape index (κ2) is 3.41. The highest BCUT2D eigenvalue weighted by atomic mass is 16.4. The summed E-state index contributed by atoms with van der Waals surface area (Å²) in [6.45, 7) is 0. The van der Waals surface area contributed by atoms with Crippen LogP contribution in [0.4, 0.5) is 0 Å². The fourth-order valence-corrected chi connectivity index (χ4v) is 1.36. The van der Waals surface area contributed by atoms with Crippen LogP contribution in [0.2, 0.25) is 0 Å². The summed E-state index contributed by atoms with van der Waals surface area (Å²) in [6, 6.07) is 7.47. The largest absolute Gasteiger partial charge is 0.481 e. The zero-order valence-electron chi connectivity index (χ0n) is 7.34. The molecule has 4 nitrogen and oxygen atoms in total. The molecule has 2 rings (SSSR count). The van der Waals surface area contributed by atoms with Crippen LogP contribution >= 0.6 is 0 Å². The van der Waals surface area contributed by atoms with E-state index in [-0.39, 0.29) is 6.42 Å². The standard InChI is InChI=1S/C10H8N2O2/c13-10(14)5-9-8-4-2-1-3-7(8)6-11-12-9/h1-4,6H,5H2,(H,13,14). The molecule has 0 saturated heterocycles. The quantitative estimate of drug-likeness (QED) is 0.770. The second-order valence-corrected chi connectivity index (χ2v) is 2.95. The summed E-state index contributed by atoms with van der Waals surface area (Å²) in [5, 5.41) is 18.0. The number of fused-ring (bicyclic) bond motifs is 1. The maximum absolute atomic E-state index is 10.5. The lowest BCUT2D eigenvalue weighted by Gasteiger charge is -2.00. The Morgan fingerprint density at radius 1 is 1.36 bits per heavy atom. The maximum Gasteiger partial charge on any atom is 0.309 e. The second-order valence-electron chi connectivity index (χ2n) is 2.95. The molecule has 1 aromatic heterocycles. The fraction of sp³-hybridized carbons (Fsp3) is 0.100. The predicted molar refractivity (Wildman–Crippen MR) is 50.9 cm³/mol. The van der Waals surface area contributed by atoms with E-state index >= 15 is 0 Å². The van der Waals surface area contributed by atoms with Gasteiger partial charge >= 0.3 is 5.97 Å². The minimum atomic E-state index is -0.893. The van der Waals surface area contributed by atoms with Crippen molar-refractivity contribution in [2.24, 2.45) is 0 Å². The molecule has 2 aromatic rings. The summed E-state index contributed by atoms with van der Waals surface area (Å²) >= 11 is 0. The third-order valence-corrected chi connectivity index (χ3v) is 1.97. The molecule has 1 heterocycles. The van der Waals surface area contributed by atoms with Crippen LogP contribution in [0.5, 0.6) is 0 Å². The number of hydrogen-bond acceptors (Lipinski definition) is 3. The van der Waals surface area contributed by atoms with Crippen molar-refractivity contribution in [1.82, 2.24) is 10.2 Å². The van der Waals surface area contributed by atoms with Crippen molar-refractivity contribution in [2.45, 2.75) is 6.42 Å². The molecule has 0 aliphatic carbocycles. The highest BCUT2D eigenvalue weighted by Gasteiger charge is 2.06. The predicted octanol–water partition coefficient (Wildman–Crippen LogP) is 1.26. The summed E-state index contributed by atoms with van der Waals surface area (Å²) in [6.07, 6.45) is 1.54. The van der Waals surface area contributed by atoms with Crippen molar-refractivity contribution in [3.8, 4) is 0 Å². The van der Waals surface area contributed by atoms with Crippen molar-refractivity contribution in [2.75, 3.05) is 0 Å². The minimum absolute atomic E-state index is 0.0889. The lowest BCUT2D eigenvalue weighted by atomic mass is 10.1. The molecule has 4 heteroatoms. The first-order chi connectivity index (χ1) is 6.77. The average molecular weight is 188 g/mol. The Kier molecular flexibility index (Phi) is 2.10. The van der Waals surface area contributed by atoms with Crippen molar-refractivity contribution in [3.05, 3.63) is 36.2 Å². The van der Waals surface area contributed by atoms with Gasteiger partial charge in [0.2, 0.25) is 0 Å². The number of nitrogens with zero attached hydrogens (tertiary/aromatic N) is 2. The smallest absolute Gasteiger partial charge is 0.309 e. The van der Waals surface area contributed by atoms with Crippen LogP contribution in [-0.2, 0) is 11.2 Å². The van der Waals surface area contributed by atoms with Gasteiger partial charge in [0.1, 0.15) is 0 Å². The topological polar surface area (TPSA) is 63.1 Å². The molecule has 0 aliphatic heterocycles. The van der Waals surface area contributed by atoms with E-state index in [1.54, 1.807) is 6.20 Å². The first kappa shape index (κ1) is 8.62. The van der Waals surface area contributed by atoms with Crippen LogP contribution < -0.4 is 0 Å². The van der Waals surface area contributed by atoms with Gasteiger partial charge in [0, 0.05) is 10.8 Å². The van der Waals surface area contributed by atoms with Gasteiger partial charge in [-0.05, 0) is 0 Å². The first-order valence-corrected chi connectivity index (χ1v) is 4.18. The molecule has 0 fully saturated rings. The normalized spacial score (nSPS) is 10.3. The zero-order valence-corrected chi connectivity index (χ0v) is 7.34. The molecule has 0 bridgehead atoms. The molecule has 0 aliphatic rings. The molecular formula is C10H8N2O2. The van der Waals surface area contributed by atoms with Gasteiger partial charge < -0.3 is 5.11 Å². The molecule has 14 heavy (non-hydrogen) atoms. The third kappa shape index (κ3) is 1.54. The molecule has 1 aromatic carbocycles. The van der Waals surface area contributed by atoms with Crippen LogP contribution in [0.25, 0.3) is 10.8 Å². The van der Waals surface area contributed by atoms with Gasteiger partial charge in [-0.1, -0.05) is 24.3 Å². The van der Waals surface area contributed by atoms with Crippen LogP contribution in [0.3, 0.4) is 0 Å². The number of aliphatic carboxylic acids is 1. The number of carboxylic acid groups (broad SMARTS) is 1. The number of aromatic nitrogens is 2. The third-order valence-electron chi connectivity index (χ3n) is 1.97. The number of rotatable bonds is 2. The molecule has 1 N–H and O–H groups in total. The van der Waals surface area contributed by atoms with E-state index in [1.807, 2.05) is 24.3 Å². The highest BCUT2D eigenvalue weighted by Crippen LogP contribution is 2.15. The lowest BCUT2D eigenvalue weighted by molar-refractivity contribution is -0.136. The van der Waals surface area contributed by atoms with Crippen molar-refractivity contribution >= 4 is 16.7 Å². The van der Waals surface area contributed by atoms with E-state index in [0.29, 0.717) is 5.69 Å². The Hall–Kier alpha value is -1.97. The van der Waals surface area contributed by atoms with Gasteiger partial charge in [-0.3, -0.25) is 4.79 Å². The zero-order chi connectivity index (χ0) is 9.97. The van der Waals surface area contributed by atoms with Crippen LogP contribution in [0, 0.1) is 0 Å². The SMILES string of the molecule is O=C(O)Cc1nncc2ccccc12. The van der Waals surface area contributed by atoms with Gasteiger partial charge in [0.05, 0.1) is 18.3 Å². The molecular weight excluding hydrogens is 180 g/mol. The van der Waals surface area contributed by atoms with Gasteiger partial charge in [-0.25, -0.2) is 0 Å². The van der Waals surface area contributed by atoms with Crippen molar-refractivity contribution < 1.29 is 9.90 Å². The van der Waals surface area contributed by atoms with Crippen LogP contribution in [-0.4, -0.2) is 21.3 Å². The summed E-state index contributed by atoms with van der Waals surface area (Å²) in [7, 11) is 0. The summed E-state index contributed by atoms with van der Waals surface area (Å²) in [5.74, 6) is -0.893. The molecule has 0 amide bonds. The van der Waals surface area contributed by atoms with Gasteiger partial charge in [-0.2, -0.15) is 10.2 Å². The molecule has 0 radical (unpaired) electrons. The lowest BCUT2D eigenvalue weighted by Crippen LogP contribution is -2.03. The number of benzene rings is 1. The molecule has 0 spiro atoms. The van der Waals surface area contributed by atoms with Gasteiger partial charge in [-0.15, -0.1) is 0 Å². The van der Waals surface area contributed by atoms with Gasteiger partial charge in [0.25, 0.3) is 0 Å². The molecule has 0 unspecified atom stereocenters. The summed E-state index contributed by atoms with van der Waals surface area (Å²) in [4.78, 5) is 10.5. The number of carbonyl (C=O) groups is 1. The Bertz CT molecular complexity index is 477. The van der Waals surface area contributed by atoms with E-state index in [0.717, 1.165) is 10.8 Å². The Morgan fingerprint density at radius 3 is 2.93 bits per heavy atom. The van der Waals surface area contributed by atoms with Crippen molar-refractivity contribution in [3.63, 3.8) is 0 Å². The minimum Gasteiger partial charge on any atom is -0.481 e. The highest BCUT2D eigenvalue weighted by molar-refractivity contribution is 5.86. The number of hydrogen-bond donors (Lipinski definition) is 1. The summed E-state index contributed by atoms with van der Waals surface area (Å²) in [5.41, 5.74) is 0.510. The van der Waals surface area contributed by atoms with Crippen LogP contribution in [0.15, 0.2) is 30.5 Å². The first-order valence-electron chi connectivity index (χ1n) is 4.18. The monoisotopic (exact) mass is 188 g/mol. The Balaban J connectivity index is 2.59. The Morgan fingerprint density at radius 2 is 2.14 bits per heavy atom. The van der Waals surface area contributed by atoms with Crippen molar-refractivity contribution in [1.29, 1.82) is 0 Å². The fourth-order valence-electron chi connectivity index (χ4n) is 1.36. The van der Waals surface area contributed by atoms with E-state index in [2.05, 4.69) is 10.2 Å². The van der Waals surface area contributed by atoms with E-state index in [9.17, 15) is 4.79 Å². The van der Waals surface area contributed by atoms with E-state index in [1.165, 1.54) is 0 Å².